The van der Waals surface area contributed by atoms with Gasteiger partial charge < -0.3 is 83.9 Å². The van der Waals surface area contributed by atoms with Crippen LogP contribution in [0.25, 0.3) is 0 Å². The Hall–Kier alpha value is 1.59. The van der Waals surface area contributed by atoms with Crippen LogP contribution >= 0.6 is 45.6 Å². The smallest absolute Gasteiger partial charge is 0.778 e. The Morgan fingerprint density at radius 2 is 0.282 bits per heavy atom. The molecule has 0 aromatic rings. The minimum Gasteiger partial charge on any atom is -0.778 e. The molecular weight excluding hydrogens is 1290 g/mol. The zero-order valence-electron chi connectivity index (χ0n) is 56.4. The molecule has 18 nitrogen and oxygen atoms in total. The molecule has 0 spiro atoms. The van der Waals surface area contributed by atoms with E-state index < -0.39 is 45.6 Å². The first kappa shape index (κ1) is 100. The molecule has 0 saturated heterocycles. The minimum atomic E-state index is -3.51. The summed E-state index contributed by atoms with van der Waals surface area (Å²) in [7, 11) is -21.1. The van der Waals surface area contributed by atoms with Gasteiger partial charge in [-0.15, -0.1) is 0 Å². The molecule has 0 heterocycles. The molecule has 0 aromatic carbocycles. The van der Waals surface area contributed by atoms with Crippen LogP contribution in [0.15, 0.2) is 0 Å². The predicted molar refractivity (Wildman–Crippen MR) is 345 cm³/mol. The number of hydrogen-bond donors (Lipinski definition) is 0. The van der Waals surface area contributed by atoms with E-state index in [1.54, 1.807) is 0 Å². The van der Waals surface area contributed by atoms with E-state index in [1.165, 1.54) is 0 Å². The van der Waals surface area contributed by atoms with Gasteiger partial charge in [-0.2, -0.15) is 0 Å². The summed E-state index contributed by atoms with van der Waals surface area (Å²) in [6, 6.07) is 0. The van der Waals surface area contributed by atoms with Crippen LogP contribution in [0.5, 0.6) is 0 Å². The first-order valence-corrected chi connectivity index (χ1v) is 43.8. The van der Waals surface area contributed by atoms with Gasteiger partial charge in [0.1, 0.15) is 45.6 Å². The van der Waals surface area contributed by atoms with E-state index in [0.29, 0.717) is 39.6 Å². The molecule has 0 N–H and O–H groups in total. The second-order valence-electron chi connectivity index (χ2n) is 21.5. The maximum absolute atomic E-state index is 11.3. The van der Waals surface area contributed by atoms with Crippen molar-refractivity contribution in [2.24, 2.45) is 0 Å². The van der Waals surface area contributed by atoms with Crippen LogP contribution < -0.4 is 29.4 Å². The molecule has 516 valence electrons. The molecule has 0 fully saturated rings. The van der Waals surface area contributed by atoms with Crippen LogP contribution in [0.1, 0.15) is 314 Å². The molecule has 0 amide bonds. The Morgan fingerprint density at radius 1 is 0.188 bits per heavy atom. The van der Waals surface area contributed by atoms with E-state index in [0.717, 1.165) is 231 Å². The fraction of sp³-hybridized carbons (Fsp3) is 1.00. The SMILES string of the molecule is CCCCCOP(=O)([O-])CCCCC.CCCCCOP(=O)([O-])CCCCC.CCCCCOP(=O)([O-])CCCCC.CCCCCOP(=O)([O-])CCCCC.CCCCCOP(=O)([O-])CCCCC.CCCCCOP(=O)([O-])CCCCC.[Mo+6]. The molecule has 0 aliphatic heterocycles. The van der Waals surface area contributed by atoms with Crippen LogP contribution in [0.3, 0.4) is 0 Å². The van der Waals surface area contributed by atoms with E-state index in [-0.39, 0.29) is 58.0 Å². The molecular formula is C60H132MoO18P6. The molecule has 6 atom stereocenters. The number of rotatable bonds is 54. The molecule has 0 radical (unpaired) electrons. The predicted octanol–water partition coefficient (Wildman–Crippen LogP) is 17.6. The van der Waals surface area contributed by atoms with Crippen LogP contribution in [0.4, 0.5) is 0 Å². The quantitative estimate of drug-likeness (QED) is 0.0310. The Bertz CT molecular complexity index is 1330. The second-order valence-corrected chi connectivity index (χ2v) is 33.1. The molecule has 0 aromatic heterocycles. The van der Waals surface area contributed by atoms with E-state index in [4.69, 9.17) is 27.1 Å². The second kappa shape index (κ2) is 73.0. The van der Waals surface area contributed by atoms with Crippen molar-refractivity contribution in [3.8, 4) is 0 Å². The van der Waals surface area contributed by atoms with Gasteiger partial charge >= 0.3 is 21.1 Å². The largest absolute Gasteiger partial charge is 6.00 e. The summed E-state index contributed by atoms with van der Waals surface area (Å²) in [4.78, 5) is 67.6. The molecule has 85 heavy (non-hydrogen) atoms. The Labute approximate surface area is 538 Å². The molecule has 0 bridgehead atoms. The van der Waals surface area contributed by atoms with Crippen LogP contribution in [-0.2, 0) is 75.6 Å². The van der Waals surface area contributed by atoms with Crippen LogP contribution in [0, 0.1) is 0 Å². The van der Waals surface area contributed by atoms with Crippen LogP contribution in [-0.4, -0.2) is 76.6 Å². The van der Waals surface area contributed by atoms with Gasteiger partial charge in [0.05, 0.1) is 39.6 Å². The van der Waals surface area contributed by atoms with Crippen molar-refractivity contribution in [2.45, 2.75) is 314 Å². The van der Waals surface area contributed by atoms with Crippen molar-refractivity contribution in [1.82, 2.24) is 0 Å². The van der Waals surface area contributed by atoms with Crippen molar-refractivity contribution < 1.29 is 105 Å². The normalized spacial score (nSPS) is 15.2. The fourth-order valence-corrected chi connectivity index (χ4v) is 13.9. The fourth-order valence-electron chi connectivity index (χ4n) is 7.05. The molecule has 0 aliphatic rings. The minimum absolute atomic E-state index is 0. The van der Waals surface area contributed by atoms with Crippen molar-refractivity contribution in [3.63, 3.8) is 0 Å². The Balaban J connectivity index is -0.000000171. The Morgan fingerprint density at radius 3 is 0.376 bits per heavy atom. The average molecular weight is 1420 g/mol. The standard InChI is InChI=1S/6C10H23O3P.Mo/c6*1-3-5-7-9-13-14(11,12)10-8-6-4-2;/h6*3-10H2,1-2H3,(H,11,12);/q;;;;;;+6/p-6. The van der Waals surface area contributed by atoms with Gasteiger partial charge in [-0.1, -0.05) is 237 Å². The van der Waals surface area contributed by atoms with Gasteiger partial charge in [-0.3, -0.25) is 0 Å². The molecule has 0 rings (SSSR count). The van der Waals surface area contributed by atoms with E-state index in [2.05, 4.69) is 83.1 Å². The first-order valence-electron chi connectivity index (χ1n) is 33.4. The summed E-state index contributed by atoms with van der Waals surface area (Å²) < 4.78 is 96.9. The molecule has 6 unspecified atom stereocenters. The zero-order valence-corrected chi connectivity index (χ0v) is 63.8. The third-order valence-corrected chi connectivity index (χ3v) is 21.1. The first-order chi connectivity index (χ1) is 39.7. The summed E-state index contributed by atoms with van der Waals surface area (Å²) in [6.07, 6.45) is 35.4. The number of hydrogen-bond acceptors (Lipinski definition) is 18. The number of unbranched alkanes of at least 4 members (excludes halogenated alkanes) is 24. The van der Waals surface area contributed by atoms with Crippen molar-refractivity contribution >= 4 is 45.6 Å². The average Bonchev–Trinajstić information content (AvgIpc) is 3.44. The summed E-state index contributed by atoms with van der Waals surface area (Å²) in [5.41, 5.74) is 0. The van der Waals surface area contributed by atoms with Gasteiger partial charge in [0.15, 0.2) is 0 Å². The van der Waals surface area contributed by atoms with Crippen LogP contribution in [0.2, 0.25) is 0 Å². The summed E-state index contributed by atoms with van der Waals surface area (Å²) >= 11 is 0. The van der Waals surface area contributed by atoms with Gasteiger partial charge in [-0.05, 0) is 77.0 Å². The van der Waals surface area contributed by atoms with E-state index >= 15 is 0 Å². The molecule has 0 saturated carbocycles. The van der Waals surface area contributed by atoms with Gasteiger partial charge in [0.2, 0.25) is 0 Å². The molecule has 25 heteroatoms. The topological polar surface area (TPSA) is 296 Å². The van der Waals surface area contributed by atoms with Crippen molar-refractivity contribution in [2.75, 3.05) is 76.6 Å². The van der Waals surface area contributed by atoms with E-state index in [1.807, 2.05) is 0 Å². The van der Waals surface area contributed by atoms with Crippen molar-refractivity contribution in [3.05, 3.63) is 0 Å². The third kappa shape index (κ3) is 94.4. The maximum atomic E-state index is 11.3. The summed E-state index contributed by atoms with van der Waals surface area (Å²) in [5, 5.41) is 0. The monoisotopic (exact) mass is 1420 g/mol. The summed E-state index contributed by atoms with van der Waals surface area (Å²) in [5.74, 6) is 0. The van der Waals surface area contributed by atoms with Crippen molar-refractivity contribution in [1.29, 1.82) is 0 Å². The maximum Gasteiger partial charge on any atom is 6.00 e. The third-order valence-electron chi connectivity index (χ3n) is 12.4. The zero-order chi connectivity index (χ0) is 65.2. The summed E-state index contributed by atoms with van der Waals surface area (Å²) in [6.45, 7) is 27.0. The van der Waals surface area contributed by atoms with E-state index in [9.17, 15) is 56.8 Å². The Kier molecular flexibility index (Phi) is 86.0. The van der Waals surface area contributed by atoms with Gasteiger partial charge in [0.25, 0.3) is 0 Å². The van der Waals surface area contributed by atoms with Gasteiger partial charge in [0, 0.05) is 37.0 Å². The molecule has 0 aliphatic carbocycles. The van der Waals surface area contributed by atoms with Gasteiger partial charge in [-0.25, -0.2) is 0 Å².